The highest BCUT2D eigenvalue weighted by Crippen LogP contribution is 2.19. The summed E-state index contributed by atoms with van der Waals surface area (Å²) in [6.07, 6.45) is 1.56. The minimum Gasteiger partial charge on any atom is -0.467 e. The van der Waals surface area contributed by atoms with Gasteiger partial charge >= 0.3 is 0 Å². The maximum Gasteiger partial charge on any atom is 0.252 e. The molecular formula is C18H18N2O3. The van der Waals surface area contributed by atoms with Crippen molar-refractivity contribution in [3.8, 4) is 0 Å². The van der Waals surface area contributed by atoms with Gasteiger partial charge < -0.3 is 9.73 Å². The number of furan rings is 1. The van der Waals surface area contributed by atoms with Crippen LogP contribution in [0.5, 0.6) is 0 Å². The van der Waals surface area contributed by atoms with Crippen LogP contribution in [0.4, 0.5) is 0 Å². The number of benzene rings is 1. The molecule has 1 N–H and O–H groups in total. The van der Waals surface area contributed by atoms with Crippen molar-refractivity contribution in [3.63, 3.8) is 0 Å². The van der Waals surface area contributed by atoms with E-state index in [-0.39, 0.29) is 11.5 Å². The Morgan fingerprint density at radius 2 is 2.04 bits per heavy atom. The van der Waals surface area contributed by atoms with E-state index in [4.69, 9.17) is 4.42 Å². The quantitative estimate of drug-likeness (QED) is 0.806. The van der Waals surface area contributed by atoms with Gasteiger partial charge in [0, 0.05) is 11.5 Å². The monoisotopic (exact) mass is 310 g/mol. The van der Waals surface area contributed by atoms with Crippen molar-refractivity contribution in [1.82, 2.24) is 9.88 Å². The zero-order valence-corrected chi connectivity index (χ0v) is 13.1. The molecule has 2 aromatic heterocycles. The number of fused-ring (bicyclic) bond motifs is 1. The molecule has 0 bridgehead atoms. The smallest absolute Gasteiger partial charge is 0.252 e. The molecule has 0 radical (unpaired) electrons. The molecular weight excluding hydrogens is 292 g/mol. The number of carbonyl (C=O) groups excluding carboxylic acids is 1. The van der Waals surface area contributed by atoms with E-state index in [1.807, 2.05) is 31.2 Å². The van der Waals surface area contributed by atoms with Crippen LogP contribution in [0.25, 0.3) is 10.9 Å². The molecule has 0 aliphatic heterocycles. The van der Waals surface area contributed by atoms with Crippen molar-refractivity contribution >= 4 is 16.8 Å². The van der Waals surface area contributed by atoms with Gasteiger partial charge in [0.1, 0.15) is 11.8 Å². The molecule has 3 rings (SSSR count). The normalized spacial score (nSPS) is 12.3. The molecule has 3 aromatic rings. The van der Waals surface area contributed by atoms with Gasteiger partial charge in [-0.05, 0) is 37.6 Å². The summed E-state index contributed by atoms with van der Waals surface area (Å²) < 4.78 is 6.72. The summed E-state index contributed by atoms with van der Waals surface area (Å²) in [6.45, 7) is 3.92. The molecule has 0 aliphatic carbocycles. The predicted molar refractivity (Wildman–Crippen MR) is 88.2 cm³/mol. The average molecular weight is 310 g/mol. The molecule has 0 saturated carbocycles. The highest BCUT2D eigenvalue weighted by atomic mass is 16.3. The van der Waals surface area contributed by atoms with Crippen LogP contribution >= 0.6 is 0 Å². The van der Waals surface area contributed by atoms with E-state index in [1.54, 1.807) is 31.4 Å². The minimum absolute atomic E-state index is 0.179. The first-order valence-electron chi connectivity index (χ1n) is 7.49. The number of carbonyl (C=O) groups is 1. The SMILES string of the molecule is Cc1cc(=O)n(C(C)C(=O)NCc2ccco2)c2ccccc12. The van der Waals surface area contributed by atoms with Crippen LogP contribution in [0.15, 0.2) is 57.9 Å². The molecule has 1 atom stereocenters. The molecule has 0 aliphatic rings. The molecule has 5 nitrogen and oxygen atoms in total. The molecule has 1 amide bonds. The van der Waals surface area contributed by atoms with Crippen LogP contribution in [-0.2, 0) is 11.3 Å². The van der Waals surface area contributed by atoms with Crippen LogP contribution < -0.4 is 10.9 Å². The Hall–Kier alpha value is -2.82. The lowest BCUT2D eigenvalue weighted by Crippen LogP contribution is -2.35. The number of nitrogens with one attached hydrogen (secondary N) is 1. The zero-order chi connectivity index (χ0) is 16.4. The maximum absolute atomic E-state index is 12.4. The number of aromatic nitrogens is 1. The van der Waals surface area contributed by atoms with Crippen LogP contribution in [0.3, 0.4) is 0 Å². The van der Waals surface area contributed by atoms with E-state index in [9.17, 15) is 9.59 Å². The number of pyridine rings is 1. The molecule has 0 spiro atoms. The van der Waals surface area contributed by atoms with E-state index in [0.717, 1.165) is 16.5 Å². The summed E-state index contributed by atoms with van der Waals surface area (Å²) in [5.74, 6) is 0.448. The Morgan fingerprint density at radius 3 is 2.78 bits per heavy atom. The largest absolute Gasteiger partial charge is 0.467 e. The highest BCUT2D eigenvalue weighted by molar-refractivity contribution is 5.86. The highest BCUT2D eigenvalue weighted by Gasteiger charge is 2.19. The molecule has 0 fully saturated rings. The summed E-state index contributed by atoms with van der Waals surface area (Å²) in [7, 11) is 0. The molecule has 23 heavy (non-hydrogen) atoms. The van der Waals surface area contributed by atoms with Gasteiger partial charge in [0.2, 0.25) is 5.91 Å². The van der Waals surface area contributed by atoms with Crippen molar-refractivity contribution in [2.45, 2.75) is 26.4 Å². The van der Waals surface area contributed by atoms with E-state index < -0.39 is 6.04 Å². The lowest BCUT2D eigenvalue weighted by Gasteiger charge is -2.18. The lowest BCUT2D eigenvalue weighted by molar-refractivity contribution is -0.124. The first kappa shape index (κ1) is 15.1. The minimum atomic E-state index is -0.608. The molecule has 1 aromatic carbocycles. The molecule has 118 valence electrons. The fourth-order valence-corrected chi connectivity index (χ4v) is 2.72. The van der Waals surface area contributed by atoms with Gasteiger partial charge in [0.25, 0.3) is 5.56 Å². The maximum atomic E-state index is 12.4. The fourth-order valence-electron chi connectivity index (χ4n) is 2.72. The summed E-state index contributed by atoms with van der Waals surface area (Å²) in [5.41, 5.74) is 1.49. The molecule has 5 heteroatoms. The van der Waals surface area contributed by atoms with Gasteiger partial charge in [-0.3, -0.25) is 14.2 Å². The first-order valence-corrected chi connectivity index (χ1v) is 7.49. The number of para-hydroxylation sites is 1. The number of aryl methyl sites for hydroxylation is 1. The Morgan fingerprint density at radius 1 is 1.26 bits per heavy atom. The second kappa shape index (κ2) is 6.12. The third kappa shape index (κ3) is 2.90. The van der Waals surface area contributed by atoms with Crippen LogP contribution in [0, 0.1) is 6.92 Å². The first-order chi connectivity index (χ1) is 11.1. The van der Waals surface area contributed by atoms with Crippen molar-refractivity contribution < 1.29 is 9.21 Å². The second-order valence-corrected chi connectivity index (χ2v) is 5.53. The Kier molecular flexibility index (Phi) is 4.02. The Balaban J connectivity index is 1.92. The van der Waals surface area contributed by atoms with Crippen LogP contribution in [0.2, 0.25) is 0 Å². The van der Waals surface area contributed by atoms with Gasteiger partial charge in [0.15, 0.2) is 0 Å². The Bertz CT molecular complexity index is 894. The van der Waals surface area contributed by atoms with Crippen LogP contribution in [0.1, 0.15) is 24.3 Å². The number of hydrogen-bond donors (Lipinski definition) is 1. The van der Waals surface area contributed by atoms with E-state index in [1.165, 1.54) is 4.57 Å². The van der Waals surface area contributed by atoms with Gasteiger partial charge in [0.05, 0.1) is 18.3 Å². The molecule has 0 saturated heterocycles. The number of rotatable bonds is 4. The number of amides is 1. The van der Waals surface area contributed by atoms with E-state index >= 15 is 0 Å². The lowest BCUT2D eigenvalue weighted by atomic mass is 10.1. The number of hydrogen-bond acceptors (Lipinski definition) is 3. The second-order valence-electron chi connectivity index (χ2n) is 5.53. The van der Waals surface area contributed by atoms with Gasteiger partial charge in [-0.2, -0.15) is 0 Å². The molecule has 1 unspecified atom stereocenters. The third-order valence-electron chi connectivity index (χ3n) is 3.95. The third-order valence-corrected chi connectivity index (χ3v) is 3.95. The van der Waals surface area contributed by atoms with Gasteiger partial charge in [-0.15, -0.1) is 0 Å². The van der Waals surface area contributed by atoms with Crippen molar-refractivity contribution in [1.29, 1.82) is 0 Å². The van der Waals surface area contributed by atoms with E-state index in [2.05, 4.69) is 5.32 Å². The fraction of sp³-hybridized carbons (Fsp3) is 0.222. The van der Waals surface area contributed by atoms with Crippen molar-refractivity contribution in [2.75, 3.05) is 0 Å². The summed E-state index contributed by atoms with van der Waals surface area (Å²) in [5, 5.41) is 3.77. The Labute approximate surface area is 133 Å². The van der Waals surface area contributed by atoms with Gasteiger partial charge in [-0.1, -0.05) is 18.2 Å². The zero-order valence-electron chi connectivity index (χ0n) is 13.1. The van der Waals surface area contributed by atoms with Crippen molar-refractivity contribution in [2.24, 2.45) is 0 Å². The summed E-state index contributed by atoms with van der Waals surface area (Å²) in [4.78, 5) is 24.8. The topological polar surface area (TPSA) is 64.2 Å². The predicted octanol–water partition coefficient (Wildman–Crippen LogP) is 2.78. The average Bonchev–Trinajstić information content (AvgIpc) is 3.06. The summed E-state index contributed by atoms with van der Waals surface area (Å²) >= 11 is 0. The van der Waals surface area contributed by atoms with Gasteiger partial charge in [-0.25, -0.2) is 0 Å². The van der Waals surface area contributed by atoms with Crippen LogP contribution in [-0.4, -0.2) is 10.5 Å². The van der Waals surface area contributed by atoms with E-state index in [0.29, 0.717) is 12.3 Å². The van der Waals surface area contributed by atoms with Crippen molar-refractivity contribution in [3.05, 3.63) is 70.4 Å². The molecule has 2 heterocycles. The standard InChI is InChI=1S/C18H18N2O3/c1-12-10-17(21)20(16-8-4-3-7-15(12)16)13(2)18(22)19-11-14-6-5-9-23-14/h3-10,13H,11H2,1-2H3,(H,19,22). The summed E-state index contributed by atoms with van der Waals surface area (Å²) in [6, 6.07) is 12.1. The number of nitrogens with zero attached hydrogens (tertiary/aromatic N) is 1.